The van der Waals surface area contributed by atoms with E-state index in [4.69, 9.17) is 5.41 Å². The molecule has 1 aliphatic rings. The van der Waals surface area contributed by atoms with Crippen LogP contribution in [0.15, 0.2) is 46.3 Å². The SMILES string of the molecule is C/C=C1/C=CC(c2cccs2)=NCC1=N. The minimum Gasteiger partial charge on any atom is -0.303 e. The van der Waals surface area contributed by atoms with Crippen molar-refractivity contribution in [1.82, 2.24) is 0 Å². The second-order valence-corrected chi connectivity index (χ2v) is 4.18. The van der Waals surface area contributed by atoms with Gasteiger partial charge in [0, 0.05) is 0 Å². The van der Waals surface area contributed by atoms with Gasteiger partial charge in [0.25, 0.3) is 0 Å². The molecule has 0 saturated carbocycles. The van der Waals surface area contributed by atoms with Crippen LogP contribution in [0.2, 0.25) is 0 Å². The van der Waals surface area contributed by atoms with Crippen LogP contribution in [0.1, 0.15) is 11.8 Å². The number of rotatable bonds is 1. The Morgan fingerprint density at radius 1 is 1.47 bits per heavy atom. The molecule has 0 unspecified atom stereocenters. The Balaban J connectivity index is 2.33. The molecule has 1 N–H and O–H groups in total. The highest BCUT2D eigenvalue weighted by Crippen LogP contribution is 2.14. The van der Waals surface area contributed by atoms with Gasteiger partial charge < -0.3 is 5.41 Å². The van der Waals surface area contributed by atoms with E-state index in [-0.39, 0.29) is 0 Å². The fraction of sp³-hybridized carbons (Fsp3) is 0.167. The van der Waals surface area contributed by atoms with Crippen LogP contribution in [0.5, 0.6) is 0 Å². The van der Waals surface area contributed by atoms with E-state index < -0.39 is 0 Å². The summed E-state index contributed by atoms with van der Waals surface area (Å²) in [5.74, 6) is 0. The molecule has 2 nitrogen and oxygen atoms in total. The monoisotopic (exact) mass is 216 g/mol. The first kappa shape index (κ1) is 10.1. The van der Waals surface area contributed by atoms with Gasteiger partial charge in [0.1, 0.15) is 0 Å². The maximum atomic E-state index is 7.78. The summed E-state index contributed by atoms with van der Waals surface area (Å²) >= 11 is 1.68. The fourth-order valence-electron chi connectivity index (χ4n) is 1.43. The Hall–Kier alpha value is -1.48. The van der Waals surface area contributed by atoms with Crippen LogP contribution in [-0.2, 0) is 0 Å². The third kappa shape index (κ3) is 2.13. The van der Waals surface area contributed by atoms with Gasteiger partial charge >= 0.3 is 0 Å². The number of nitrogens with zero attached hydrogens (tertiary/aromatic N) is 1. The van der Waals surface area contributed by atoms with Crippen molar-refractivity contribution in [3.05, 3.63) is 46.2 Å². The van der Waals surface area contributed by atoms with Gasteiger partial charge in [-0.25, -0.2) is 0 Å². The first-order valence-electron chi connectivity index (χ1n) is 4.82. The van der Waals surface area contributed by atoms with Crippen LogP contribution in [0.3, 0.4) is 0 Å². The predicted octanol–water partition coefficient (Wildman–Crippen LogP) is 3.07. The molecule has 15 heavy (non-hydrogen) atoms. The van der Waals surface area contributed by atoms with Gasteiger partial charge in [0.05, 0.1) is 22.8 Å². The van der Waals surface area contributed by atoms with Crippen molar-refractivity contribution in [2.24, 2.45) is 4.99 Å². The van der Waals surface area contributed by atoms with E-state index in [2.05, 4.69) is 11.1 Å². The summed E-state index contributed by atoms with van der Waals surface area (Å²) in [5, 5.41) is 9.82. The molecule has 1 aromatic rings. The van der Waals surface area contributed by atoms with Crippen LogP contribution in [0, 0.1) is 5.41 Å². The fourth-order valence-corrected chi connectivity index (χ4v) is 2.15. The number of thiophene rings is 1. The molecule has 3 heteroatoms. The minimum atomic E-state index is 0.472. The zero-order valence-corrected chi connectivity index (χ0v) is 9.34. The zero-order chi connectivity index (χ0) is 10.7. The predicted molar refractivity (Wildman–Crippen MR) is 66.3 cm³/mol. The first-order chi connectivity index (χ1) is 7.31. The quantitative estimate of drug-likeness (QED) is 0.749. The molecular weight excluding hydrogens is 204 g/mol. The zero-order valence-electron chi connectivity index (χ0n) is 8.53. The second-order valence-electron chi connectivity index (χ2n) is 3.23. The summed E-state index contributed by atoms with van der Waals surface area (Å²) in [6.45, 7) is 2.42. The standard InChI is InChI=1S/C12H12N2S/c1-2-9-5-6-11(14-8-10(9)13)12-4-3-7-15-12/h2-7,13H,8H2,1H3/b9-2-,13-10?. The van der Waals surface area contributed by atoms with E-state index in [1.165, 1.54) is 0 Å². The van der Waals surface area contributed by atoms with Crippen LogP contribution < -0.4 is 0 Å². The lowest BCUT2D eigenvalue weighted by Crippen LogP contribution is -2.02. The van der Waals surface area contributed by atoms with Crippen LogP contribution >= 0.6 is 11.3 Å². The highest BCUT2D eigenvalue weighted by atomic mass is 32.1. The molecule has 76 valence electrons. The third-order valence-corrected chi connectivity index (χ3v) is 3.15. The van der Waals surface area contributed by atoms with Crippen molar-refractivity contribution >= 4 is 22.8 Å². The normalized spacial score (nSPS) is 19.1. The maximum Gasteiger partial charge on any atom is 0.0818 e. The number of hydrogen-bond donors (Lipinski definition) is 1. The highest BCUT2D eigenvalue weighted by molar-refractivity contribution is 7.12. The molecule has 0 spiro atoms. The van der Waals surface area contributed by atoms with Gasteiger partial charge in [-0.3, -0.25) is 4.99 Å². The molecule has 0 atom stereocenters. The van der Waals surface area contributed by atoms with Gasteiger partial charge in [0.2, 0.25) is 0 Å². The Bertz CT molecular complexity index is 450. The van der Waals surface area contributed by atoms with Crippen molar-refractivity contribution < 1.29 is 0 Å². The lowest BCUT2D eigenvalue weighted by molar-refractivity contribution is 1.26. The van der Waals surface area contributed by atoms with Crippen molar-refractivity contribution in [3.8, 4) is 0 Å². The summed E-state index contributed by atoms with van der Waals surface area (Å²) in [4.78, 5) is 5.58. The molecule has 0 aromatic carbocycles. The summed E-state index contributed by atoms with van der Waals surface area (Å²) in [6, 6.07) is 4.07. The summed E-state index contributed by atoms with van der Waals surface area (Å²) in [5.41, 5.74) is 2.53. The van der Waals surface area contributed by atoms with Crippen molar-refractivity contribution in [2.45, 2.75) is 6.92 Å². The topological polar surface area (TPSA) is 36.2 Å². The molecule has 1 aromatic heterocycles. The van der Waals surface area contributed by atoms with Crippen molar-refractivity contribution in [3.63, 3.8) is 0 Å². The van der Waals surface area contributed by atoms with Gasteiger partial charge in [0.15, 0.2) is 0 Å². The summed E-state index contributed by atoms with van der Waals surface area (Å²) < 4.78 is 0. The van der Waals surface area contributed by atoms with Gasteiger partial charge in [-0.05, 0) is 30.0 Å². The van der Waals surface area contributed by atoms with Gasteiger partial charge in [-0.1, -0.05) is 18.2 Å². The first-order valence-corrected chi connectivity index (χ1v) is 5.69. The van der Waals surface area contributed by atoms with Gasteiger partial charge in [-0.2, -0.15) is 0 Å². The van der Waals surface area contributed by atoms with E-state index in [1.807, 2.05) is 36.6 Å². The summed E-state index contributed by atoms with van der Waals surface area (Å²) in [6.07, 6.45) is 5.91. The molecule has 0 aliphatic carbocycles. The lowest BCUT2D eigenvalue weighted by Gasteiger charge is -1.97. The van der Waals surface area contributed by atoms with E-state index in [9.17, 15) is 0 Å². The molecule has 0 radical (unpaired) electrons. The average molecular weight is 216 g/mol. The third-order valence-electron chi connectivity index (χ3n) is 2.26. The molecule has 2 heterocycles. The lowest BCUT2D eigenvalue weighted by atomic mass is 10.1. The number of nitrogens with one attached hydrogen (secondary N) is 1. The Morgan fingerprint density at radius 2 is 2.33 bits per heavy atom. The van der Waals surface area contributed by atoms with E-state index >= 15 is 0 Å². The van der Waals surface area contributed by atoms with Crippen molar-refractivity contribution in [1.29, 1.82) is 5.41 Å². The number of hydrogen-bond acceptors (Lipinski definition) is 3. The van der Waals surface area contributed by atoms with E-state index in [1.54, 1.807) is 11.3 Å². The maximum absolute atomic E-state index is 7.78. The molecule has 0 bridgehead atoms. The van der Waals surface area contributed by atoms with Gasteiger partial charge in [-0.15, -0.1) is 11.3 Å². The molecular formula is C12H12N2S. The molecule has 1 aliphatic heterocycles. The highest BCUT2D eigenvalue weighted by Gasteiger charge is 2.08. The largest absolute Gasteiger partial charge is 0.303 e. The number of aliphatic imine (C=N–C) groups is 1. The Kier molecular flexibility index (Phi) is 2.92. The molecule has 2 rings (SSSR count). The Labute approximate surface area is 93.2 Å². The average Bonchev–Trinajstić information content (AvgIpc) is 2.70. The Morgan fingerprint density at radius 3 is 3.00 bits per heavy atom. The second kappa shape index (κ2) is 4.36. The van der Waals surface area contributed by atoms with Crippen LogP contribution in [0.4, 0.5) is 0 Å². The number of allylic oxidation sites excluding steroid dienone is 3. The van der Waals surface area contributed by atoms with Crippen LogP contribution in [-0.4, -0.2) is 18.0 Å². The smallest absolute Gasteiger partial charge is 0.0818 e. The van der Waals surface area contributed by atoms with Crippen molar-refractivity contribution in [2.75, 3.05) is 6.54 Å². The molecule has 0 fully saturated rings. The molecule has 0 amide bonds. The van der Waals surface area contributed by atoms with Crippen LogP contribution in [0.25, 0.3) is 0 Å². The minimum absolute atomic E-state index is 0.472. The van der Waals surface area contributed by atoms with E-state index in [0.29, 0.717) is 12.3 Å². The van der Waals surface area contributed by atoms with E-state index in [0.717, 1.165) is 16.2 Å². The molecule has 0 saturated heterocycles. The summed E-state index contributed by atoms with van der Waals surface area (Å²) in [7, 11) is 0.